The molecule has 1 aromatic rings. The van der Waals surface area contributed by atoms with Crippen molar-refractivity contribution in [1.82, 2.24) is 0 Å². The van der Waals surface area contributed by atoms with Gasteiger partial charge < -0.3 is 0 Å². The first-order valence-corrected chi connectivity index (χ1v) is 9.54. The number of benzene rings is 1. The minimum absolute atomic E-state index is 0.00746. The molecule has 0 heterocycles. The van der Waals surface area contributed by atoms with Crippen molar-refractivity contribution >= 4 is 37.1 Å². The van der Waals surface area contributed by atoms with E-state index in [2.05, 4.69) is 4.72 Å². The maximum absolute atomic E-state index is 11.9. The van der Waals surface area contributed by atoms with Crippen molar-refractivity contribution in [2.24, 2.45) is 0 Å². The van der Waals surface area contributed by atoms with Crippen LogP contribution in [0.1, 0.15) is 13.3 Å². The number of nitrogens with one attached hydrogen (secondary N) is 1. The fourth-order valence-electron chi connectivity index (χ4n) is 1.44. The van der Waals surface area contributed by atoms with Crippen LogP contribution in [0, 0.1) is 0 Å². The fourth-order valence-corrected chi connectivity index (χ4v) is 3.99. The van der Waals surface area contributed by atoms with Gasteiger partial charge in [-0.05, 0) is 18.6 Å². The van der Waals surface area contributed by atoms with E-state index in [0.717, 1.165) is 0 Å². The summed E-state index contributed by atoms with van der Waals surface area (Å²) >= 11 is 5.45. The van der Waals surface area contributed by atoms with E-state index < -0.39 is 19.9 Å². The lowest BCUT2D eigenvalue weighted by molar-refractivity contribution is 0.597. The van der Waals surface area contributed by atoms with E-state index in [4.69, 9.17) is 11.6 Å². The number of hydrogen-bond acceptors (Lipinski definition) is 4. The Morgan fingerprint density at radius 1 is 1.16 bits per heavy atom. The van der Waals surface area contributed by atoms with Crippen molar-refractivity contribution in [1.29, 1.82) is 0 Å². The van der Waals surface area contributed by atoms with Gasteiger partial charge >= 0.3 is 0 Å². The number of alkyl halides is 1. The van der Waals surface area contributed by atoms with Crippen molar-refractivity contribution in [2.75, 3.05) is 22.1 Å². The molecule has 0 saturated heterocycles. The molecule has 0 aliphatic rings. The summed E-state index contributed by atoms with van der Waals surface area (Å²) in [6.45, 7) is 1.51. The summed E-state index contributed by atoms with van der Waals surface area (Å²) in [6.07, 6.45) is 0.305. The molecule has 0 fully saturated rings. The van der Waals surface area contributed by atoms with Crippen molar-refractivity contribution in [3.8, 4) is 0 Å². The average molecular weight is 326 g/mol. The number of anilines is 1. The van der Waals surface area contributed by atoms with E-state index >= 15 is 0 Å². The highest BCUT2D eigenvalue weighted by molar-refractivity contribution is 7.93. The molecule has 1 N–H and O–H groups in total. The predicted molar refractivity (Wildman–Crippen MR) is 76.9 cm³/mol. The molecule has 0 radical (unpaired) electrons. The van der Waals surface area contributed by atoms with E-state index in [1.54, 1.807) is 12.1 Å². The van der Waals surface area contributed by atoms with E-state index in [1.807, 2.05) is 0 Å². The second kappa shape index (κ2) is 6.58. The molecule has 1 aromatic carbocycles. The van der Waals surface area contributed by atoms with Gasteiger partial charge in [0, 0.05) is 5.88 Å². The molecule has 5 nitrogen and oxygen atoms in total. The standard InChI is InChI=1S/C11H16ClNO4S2/c1-2-18(14,15)11-7-4-3-6-10(11)13-19(16,17)9-5-8-12/h3-4,6-7,13H,2,5,8-9H2,1H3. The first-order valence-electron chi connectivity index (χ1n) is 5.70. The molecule has 0 bridgehead atoms. The Balaban J connectivity index is 3.10. The van der Waals surface area contributed by atoms with Crippen LogP contribution in [0.3, 0.4) is 0 Å². The number of sulfonamides is 1. The summed E-state index contributed by atoms with van der Waals surface area (Å²) in [5.41, 5.74) is 0.0823. The molecule has 8 heteroatoms. The molecular weight excluding hydrogens is 310 g/mol. The Hall–Kier alpha value is -0.790. The van der Waals surface area contributed by atoms with Crippen molar-refractivity contribution in [3.05, 3.63) is 24.3 Å². The zero-order valence-corrected chi connectivity index (χ0v) is 12.9. The maximum Gasteiger partial charge on any atom is 0.232 e. The summed E-state index contributed by atoms with van der Waals surface area (Å²) in [5, 5.41) is 0. The summed E-state index contributed by atoms with van der Waals surface area (Å²) in [6, 6.07) is 5.95. The van der Waals surface area contributed by atoms with Crippen LogP contribution in [0.5, 0.6) is 0 Å². The Bertz CT molecular complexity index is 626. The molecule has 0 spiro atoms. The van der Waals surface area contributed by atoms with Crippen LogP contribution in [0.2, 0.25) is 0 Å². The zero-order chi connectivity index (χ0) is 14.5. The normalized spacial score (nSPS) is 12.3. The Kier molecular flexibility index (Phi) is 5.64. The fraction of sp³-hybridized carbons (Fsp3) is 0.455. The SMILES string of the molecule is CCS(=O)(=O)c1ccccc1NS(=O)(=O)CCCCl. The lowest BCUT2D eigenvalue weighted by atomic mass is 10.3. The zero-order valence-electron chi connectivity index (χ0n) is 10.5. The Labute approximate surface area is 118 Å². The lowest BCUT2D eigenvalue weighted by Gasteiger charge is -2.11. The van der Waals surface area contributed by atoms with Gasteiger partial charge in [-0.2, -0.15) is 0 Å². The summed E-state index contributed by atoms with van der Waals surface area (Å²) in [5.74, 6) is 0.000241. The Morgan fingerprint density at radius 3 is 2.37 bits per heavy atom. The monoisotopic (exact) mass is 325 g/mol. The molecule has 0 saturated carbocycles. The van der Waals surface area contributed by atoms with E-state index in [9.17, 15) is 16.8 Å². The van der Waals surface area contributed by atoms with Gasteiger partial charge in [0.15, 0.2) is 9.84 Å². The first-order chi connectivity index (χ1) is 8.82. The van der Waals surface area contributed by atoms with Crippen molar-refractivity contribution < 1.29 is 16.8 Å². The number of halogens is 1. The molecule has 0 atom stereocenters. The van der Waals surface area contributed by atoms with Crippen LogP contribution in [0.15, 0.2) is 29.2 Å². The summed E-state index contributed by atoms with van der Waals surface area (Å²) in [7, 11) is -7.06. The van der Waals surface area contributed by atoms with E-state index in [-0.39, 0.29) is 28.0 Å². The van der Waals surface area contributed by atoms with Crippen LogP contribution in [-0.2, 0) is 19.9 Å². The summed E-state index contributed by atoms with van der Waals surface area (Å²) in [4.78, 5) is -0.00746. The molecule has 0 aliphatic heterocycles. The van der Waals surface area contributed by atoms with Gasteiger partial charge in [-0.15, -0.1) is 11.6 Å². The molecule has 0 amide bonds. The maximum atomic E-state index is 11.9. The van der Waals surface area contributed by atoms with Crippen LogP contribution in [0.4, 0.5) is 5.69 Å². The molecule has 19 heavy (non-hydrogen) atoms. The minimum atomic E-state index is -3.59. The molecule has 1 rings (SSSR count). The van der Waals surface area contributed by atoms with Gasteiger partial charge in [0.2, 0.25) is 10.0 Å². The van der Waals surface area contributed by atoms with Gasteiger partial charge in [-0.25, -0.2) is 16.8 Å². The smallest absolute Gasteiger partial charge is 0.232 e. The number of sulfone groups is 1. The second-order valence-corrected chi connectivity index (χ2v) is 8.33. The third-order valence-corrected chi connectivity index (χ3v) is 5.82. The second-order valence-electron chi connectivity index (χ2n) is 3.86. The Morgan fingerprint density at radius 2 is 1.79 bits per heavy atom. The molecule has 108 valence electrons. The highest BCUT2D eigenvalue weighted by Crippen LogP contribution is 2.23. The number of hydrogen-bond donors (Lipinski definition) is 1. The highest BCUT2D eigenvalue weighted by Gasteiger charge is 2.19. The third kappa shape index (κ3) is 4.67. The molecule has 0 aromatic heterocycles. The average Bonchev–Trinajstić information content (AvgIpc) is 2.36. The number of para-hydroxylation sites is 1. The molecule has 0 aliphatic carbocycles. The topological polar surface area (TPSA) is 80.3 Å². The lowest BCUT2D eigenvalue weighted by Crippen LogP contribution is -2.19. The van der Waals surface area contributed by atoms with Gasteiger partial charge in [0.25, 0.3) is 0 Å². The van der Waals surface area contributed by atoms with Crippen molar-refractivity contribution in [3.63, 3.8) is 0 Å². The number of rotatable bonds is 7. The van der Waals surface area contributed by atoms with Crippen molar-refractivity contribution in [2.45, 2.75) is 18.2 Å². The van der Waals surface area contributed by atoms with E-state index in [0.29, 0.717) is 6.42 Å². The van der Waals surface area contributed by atoms with Crippen LogP contribution < -0.4 is 4.72 Å². The van der Waals surface area contributed by atoms with Crippen LogP contribution in [0.25, 0.3) is 0 Å². The van der Waals surface area contributed by atoms with E-state index in [1.165, 1.54) is 19.1 Å². The van der Waals surface area contributed by atoms with Gasteiger partial charge in [0.05, 0.1) is 22.1 Å². The van der Waals surface area contributed by atoms with Gasteiger partial charge in [-0.1, -0.05) is 19.1 Å². The summed E-state index contributed by atoms with van der Waals surface area (Å²) < 4.78 is 49.6. The quantitative estimate of drug-likeness (QED) is 0.776. The molecule has 0 unspecified atom stereocenters. The predicted octanol–water partition coefficient (Wildman–Crippen LogP) is 1.85. The third-order valence-electron chi connectivity index (χ3n) is 2.41. The van der Waals surface area contributed by atoms with Crippen LogP contribution in [-0.4, -0.2) is 34.2 Å². The largest absolute Gasteiger partial charge is 0.282 e. The van der Waals surface area contributed by atoms with Gasteiger partial charge in [0.1, 0.15) is 0 Å². The minimum Gasteiger partial charge on any atom is -0.282 e. The molecular formula is C11H16ClNO4S2. The van der Waals surface area contributed by atoms with Crippen LogP contribution >= 0.6 is 11.6 Å². The first kappa shape index (κ1) is 16.3. The highest BCUT2D eigenvalue weighted by atomic mass is 35.5. The van der Waals surface area contributed by atoms with Gasteiger partial charge in [-0.3, -0.25) is 4.72 Å².